The number of benzene rings is 1. The van der Waals surface area contributed by atoms with Crippen molar-refractivity contribution < 1.29 is 9.53 Å². The first-order valence-corrected chi connectivity index (χ1v) is 10.0. The zero-order valence-electron chi connectivity index (χ0n) is 16.0. The Kier molecular flexibility index (Phi) is 6.92. The molecule has 0 spiro atoms. The summed E-state index contributed by atoms with van der Waals surface area (Å²) in [7, 11) is 1.66. The highest BCUT2D eigenvalue weighted by atomic mass is 16.5. The van der Waals surface area contributed by atoms with E-state index in [0.717, 1.165) is 37.5 Å². The lowest BCUT2D eigenvalue weighted by atomic mass is 9.85. The fourth-order valence-electron chi connectivity index (χ4n) is 4.32. The number of methoxy groups -OCH3 is 1. The third-order valence-corrected chi connectivity index (χ3v) is 5.88. The van der Waals surface area contributed by atoms with E-state index in [0.29, 0.717) is 13.2 Å². The second kappa shape index (κ2) is 9.38. The number of anilines is 1. The fraction of sp³-hybridized carbons (Fsp3) is 0.667. The van der Waals surface area contributed by atoms with Gasteiger partial charge in [-0.1, -0.05) is 31.0 Å². The number of amides is 1. The Labute approximate surface area is 157 Å². The van der Waals surface area contributed by atoms with Gasteiger partial charge in [0.05, 0.1) is 6.61 Å². The topological polar surface area (TPSA) is 53.6 Å². The van der Waals surface area contributed by atoms with E-state index in [4.69, 9.17) is 4.74 Å². The van der Waals surface area contributed by atoms with Gasteiger partial charge in [0.1, 0.15) is 5.54 Å². The highest BCUT2D eigenvalue weighted by Gasteiger charge is 2.41. The minimum atomic E-state index is -0.527. The van der Waals surface area contributed by atoms with Crippen molar-refractivity contribution >= 4 is 11.6 Å². The molecule has 2 aliphatic rings. The van der Waals surface area contributed by atoms with Crippen LogP contribution in [0.5, 0.6) is 0 Å². The van der Waals surface area contributed by atoms with Crippen molar-refractivity contribution in [3.05, 3.63) is 30.3 Å². The van der Waals surface area contributed by atoms with Crippen molar-refractivity contribution in [1.82, 2.24) is 10.2 Å². The molecule has 0 radical (unpaired) electrons. The highest BCUT2D eigenvalue weighted by Crippen LogP contribution is 2.30. The molecule has 144 valence electrons. The molecule has 2 N–H and O–H groups in total. The van der Waals surface area contributed by atoms with Gasteiger partial charge >= 0.3 is 0 Å². The molecule has 0 bridgehead atoms. The first-order valence-electron chi connectivity index (χ1n) is 10.0. The molecule has 5 nitrogen and oxygen atoms in total. The summed E-state index contributed by atoms with van der Waals surface area (Å²) >= 11 is 0. The van der Waals surface area contributed by atoms with Gasteiger partial charge in [0.15, 0.2) is 0 Å². The van der Waals surface area contributed by atoms with E-state index in [9.17, 15) is 4.79 Å². The minimum absolute atomic E-state index is 0.0962. The third-order valence-electron chi connectivity index (χ3n) is 5.88. The van der Waals surface area contributed by atoms with E-state index in [1.54, 1.807) is 7.11 Å². The molecule has 26 heavy (non-hydrogen) atoms. The van der Waals surface area contributed by atoms with Crippen molar-refractivity contribution in [2.45, 2.75) is 44.1 Å². The Balaban J connectivity index is 1.63. The van der Waals surface area contributed by atoms with Crippen LogP contribution in [0.2, 0.25) is 0 Å². The van der Waals surface area contributed by atoms with E-state index in [2.05, 4.69) is 15.5 Å². The van der Waals surface area contributed by atoms with Crippen LogP contribution in [0.15, 0.2) is 30.3 Å². The normalized spacial score (nSPS) is 20.8. The standard InChI is InChI=1S/C21H33N3O2/c1-26-16-13-22-20(25)21(23-19-9-3-2-4-10-19)11-14-24(15-12-21)17-18-7-5-6-8-18/h2-4,9-10,18,23H,5-8,11-17H2,1H3,(H,22,25). The lowest BCUT2D eigenvalue weighted by Gasteiger charge is -2.42. The lowest BCUT2D eigenvalue weighted by Crippen LogP contribution is -2.59. The number of piperidine rings is 1. The van der Waals surface area contributed by atoms with Gasteiger partial charge < -0.3 is 20.3 Å². The maximum absolute atomic E-state index is 13.0. The van der Waals surface area contributed by atoms with Crippen molar-refractivity contribution in [1.29, 1.82) is 0 Å². The monoisotopic (exact) mass is 359 g/mol. The second-order valence-corrected chi connectivity index (χ2v) is 7.77. The van der Waals surface area contributed by atoms with Crippen molar-refractivity contribution in [2.75, 3.05) is 45.2 Å². The van der Waals surface area contributed by atoms with E-state index >= 15 is 0 Å². The van der Waals surface area contributed by atoms with Crippen LogP contribution < -0.4 is 10.6 Å². The Morgan fingerprint density at radius 2 is 1.88 bits per heavy atom. The van der Waals surface area contributed by atoms with Gasteiger partial charge in [0, 0.05) is 39.0 Å². The van der Waals surface area contributed by atoms with Crippen LogP contribution in [0.25, 0.3) is 0 Å². The number of carbonyl (C=O) groups is 1. The largest absolute Gasteiger partial charge is 0.383 e. The number of likely N-dealkylation sites (tertiary alicyclic amines) is 1. The predicted octanol–water partition coefficient (Wildman–Crippen LogP) is 2.89. The number of rotatable bonds is 8. The van der Waals surface area contributed by atoms with Gasteiger partial charge in [-0.2, -0.15) is 0 Å². The molecule has 5 heteroatoms. The number of nitrogens with one attached hydrogen (secondary N) is 2. The molecule has 1 aromatic carbocycles. The van der Waals surface area contributed by atoms with Gasteiger partial charge in [-0.05, 0) is 43.7 Å². The fourth-order valence-corrected chi connectivity index (χ4v) is 4.32. The summed E-state index contributed by atoms with van der Waals surface area (Å²) in [4.78, 5) is 15.6. The van der Waals surface area contributed by atoms with Crippen molar-refractivity contribution in [3.8, 4) is 0 Å². The Hall–Kier alpha value is -1.59. The molecule has 1 heterocycles. The molecular formula is C21H33N3O2. The molecule has 1 aliphatic carbocycles. The lowest BCUT2D eigenvalue weighted by molar-refractivity contribution is -0.127. The van der Waals surface area contributed by atoms with Crippen LogP contribution in [0.4, 0.5) is 5.69 Å². The number of nitrogens with zero attached hydrogens (tertiary/aromatic N) is 1. The van der Waals surface area contributed by atoms with Crippen LogP contribution in [0.1, 0.15) is 38.5 Å². The predicted molar refractivity (Wildman–Crippen MR) is 105 cm³/mol. The number of carbonyl (C=O) groups excluding carboxylic acids is 1. The maximum atomic E-state index is 13.0. The SMILES string of the molecule is COCCNC(=O)C1(Nc2ccccc2)CCN(CC2CCCC2)CC1. The number of hydrogen-bond acceptors (Lipinski definition) is 4. The minimum Gasteiger partial charge on any atom is -0.383 e. The van der Waals surface area contributed by atoms with Crippen molar-refractivity contribution in [3.63, 3.8) is 0 Å². The molecule has 2 fully saturated rings. The van der Waals surface area contributed by atoms with Crippen molar-refractivity contribution in [2.24, 2.45) is 5.92 Å². The molecule has 0 unspecified atom stereocenters. The van der Waals surface area contributed by atoms with Crippen LogP contribution in [-0.2, 0) is 9.53 Å². The zero-order chi connectivity index (χ0) is 18.2. The molecule has 1 saturated heterocycles. The smallest absolute Gasteiger partial charge is 0.245 e. The molecule has 1 saturated carbocycles. The molecule has 0 aromatic heterocycles. The van der Waals surface area contributed by atoms with Gasteiger partial charge in [0.2, 0.25) is 5.91 Å². The summed E-state index contributed by atoms with van der Waals surface area (Å²) in [5.74, 6) is 0.957. The van der Waals surface area contributed by atoms with Gasteiger partial charge in [-0.15, -0.1) is 0 Å². The summed E-state index contributed by atoms with van der Waals surface area (Å²) < 4.78 is 5.08. The second-order valence-electron chi connectivity index (χ2n) is 7.77. The Bertz CT molecular complexity index is 550. The number of para-hydroxylation sites is 1. The molecule has 0 atom stereocenters. The summed E-state index contributed by atoms with van der Waals surface area (Å²) in [5, 5.41) is 6.61. The van der Waals surface area contributed by atoms with Gasteiger partial charge in [0.25, 0.3) is 0 Å². The number of ether oxygens (including phenoxy) is 1. The van der Waals surface area contributed by atoms with Gasteiger partial charge in [-0.3, -0.25) is 4.79 Å². The van der Waals surface area contributed by atoms with Crippen LogP contribution in [0.3, 0.4) is 0 Å². The average molecular weight is 360 g/mol. The van der Waals surface area contributed by atoms with E-state index in [-0.39, 0.29) is 5.91 Å². The van der Waals surface area contributed by atoms with Gasteiger partial charge in [-0.25, -0.2) is 0 Å². The number of hydrogen-bond donors (Lipinski definition) is 2. The van der Waals surface area contributed by atoms with E-state index < -0.39 is 5.54 Å². The summed E-state index contributed by atoms with van der Waals surface area (Å²) in [5.41, 5.74) is 0.486. The first-order chi connectivity index (χ1) is 12.7. The summed E-state index contributed by atoms with van der Waals surface area (Å²) in [6, 6.07) is 10.1. The average Bonchev–Trinajstić information content (AvgIpc) is 3.17. The Morgan fingerprint density at radius 3 is 2.54 bits per heavy atom. The molecule has 1 aliphatic heterocycles. The molecule has 1 aromatic rings. The molecule has 1 amide bonds. The summed E-state index contributed by atoms with van der Waals surface area (Å²) in [6.07, 6.45) is 7.21. The van der Waals surface area contributed by atoms with Crippen LogP contribution >= 0.6 is 0 Å². The molecular weight excluding hydrogens is 326 g/mol. The first kappa shape index (κ1) is 19.2. The molecule has 3 rings (SSSR count). The van der Waals surface area contributed by atoms with Crippen LogP contribution in [-0.4, -0.2) is 56.2 Å². The van der Waals surface area contributed by atoms with Crippen LogP contribution in [0, 0.1) is 5.92 Å². The van der Waals surface area contributed by atoms with E-state index in [1.807, 2.05) is 30.3 Å². The Morgan fingerprint density at radius 1 is 1.19 bits per heavy atom. The maximum Gasteiger partial charge on any atom is 0.245 e. The van der Waals surface area contributed by atoms with E-state index in [1.165, 1.54) is 32.2 Å². The zero-order valence-corrected chi connectivity index (χ0v) is 16.0. The summed E-state index contributed by atoms with van der Waals surface area (Å²) in [6.45, 7) is 4.26. The highest BCUT2D eigenvalue weighted by molar-refractivity contribution is 5.89. The third kappa shape index (κ3) is 4.98. The quantitative estimate of drug-likeness (QED) is 0.701.